The highest BCUT2D eigenvalue weighted by Crippen LogP contribution is 2.16. The largest absolute Gasteiger partial charge is 0.316 e. The molecule has 0 saturated carbocycles. The van der Waals surface area contributed by atoms with Gasteiger partial charge in [0, 0.05) is 12.7 Å². The normalized spacial score (nSPS) is 11.5. The summed E-state index contributed by atoms with van der Waals surface area (Å²) in [5.41, 5.74) is 1.12. The standard InChI is InChI=1S/C13H15FN4O2S/c1-15-8-10-4-5-13(12(14)7-10)21(19,20)17-9-11-3-2-6-16-18-11/h2-7,15,17H,8-9H2,1H3. The zero-order valence-corrected chi connectivity index (χ0v) is 12.2. The average Bonchev–Trinajstić information content (AvgIpc) is 2.46. The summed E-state index contributed by atoms with van der Waals surface area (Å²) < 4.78 is 40.4. The zero-order chi connectivity index (χ0) is 15.3. The van der Waals surface area contributed by atoms with E-state index in [2.05, 4.69) is 20.2 Å². The fourth-order valence-corrected chi connectivity index (χ4v) is 2.81. The minimum Gasteiger partial charge on any atom is -0.316 e. The maximum Gasteiger partial charge on any atom is 0.243 e. The Morgan fingerprint density at radius 1 is 1.24 bits per heavy atom. The number of aromatic nitrogens is 2. The van der Waals surface area contributed by atoms with Gasteiger partial charge in [0.25, 0.3) is 0 Å². The van der Waals surface area contributed by atoms with Crippen LogP contribution in [0.15, 0.2) is 41.4 Å². The second-order valence-corrected chi connectivity index (χ2v) is 6.07. The highest BCUT2D eigenvalue weighted by molar-refractivity contribution is 7.89. The van der Waals surface area contributed by atoms with Crippen molar-refractivity contribution in [2.75, 3.05) is 7.05 Å². The lowest BCUT2D eigenvalue weighted by molar-refractivity contribution is 0.554. The van der Waals surface area contributed by atoms with E-state index in [-0.39, 0.29) is 11.4 Å². The summed E-state index contributed by atoms with van der Waals surface area (Å²) >= 11 is 0. The van der Waals surface area contributed by atoms with Crippen molar-refractivity contribution in [2.24, 2.45) is 0 Å². The summed E-state index contributed by atoms with van der Waals surface area (Å²) in [5.74, 6) is -0.783. The molecule has 1 aromatic carbocycles. The quantitative estimate of drug-likeness (QED) is 0.825. The summed E-state index contributed by atoms with van der Waals surface area (Å²) in [6, 6.07) is 7.29. The van der Waals surface area contributed by atoms with Gasteiger partial charge in [-0.15, -0.1) is 0 Å². The Morgan fingerprint density at radius 2 is 2.05 bits per heavy atom. The van der Waals surface area contributed by atoms with E-state index in [0.29, 0.717) is 17.8 Å². The molecule has 0 aliphatic heterocycles. The van der Waals surface area contributed by atoms with Gasteiger partial charge in [0.05, 0.1) is 12.2 Å². The minimum absolute atomic E-state index is 0.0477. The SMILES string of the molecule is CNCc1ccc(S(=O)(=O)NCc2cccnn2)c(F)c1. The van der Waals surface area contributed by atoms with Crippen LogP contribution in [0.25, 0.3) is 0 Å². The summed E-state index contributed by atoms with van der Waals surface area (Å²) in [6.45, 7) is 0.415. The molecule has 0 aliphatic rings. The fourth-order valence-electron chi connectivity index (χ4n) is 1.75. The molecule has 1 aromatic heterocycles. The summed E-state index contributed by atoms with van der Waals surface area (Å²) in [7, 11) is -2.21. The molecule has 6 nitrogen and oxygen atoms in total. The summed E-state index contributed by atoms with van der Waals surface area (Å²) in [4.78, 5) is -0.383. The number of sulfonamides is 1. The minimum atomic E-state index is -3.93. The second-order valence-electron chi connectivity index (χ2n) is 4.33. The third-order valence-electron chi connectivity index (χ3n) is 2.74. The van der Waals surface area contributed by atoms with Gasteiger partial charge in [0.15, 0.2) is 0 Å². The van der Waals surface area contributed by atoms with E-state index in [0.717, 1.165) is 0 Å². The highest BCUT2D eigenvalue weighted by Gasteiger charge is 2.19. The number of nitrogens with zero attached hydrogens (tertiary/aromatic N) is 2. The monoisotopic (exact) mass is 310 g/mol. The zero-order valence-electron chi connectivity index (χ0n) is 11.4. The maximum atomic E-state index is 13.9. The first-order chi connectivity index (χ1) is 10.0. The van der Waals surface area contributed by atoms with Crippen molar-refractivity contribution in [1.82, 2.24) is 20.2 Å². The lowest BCUT2D eigenvalue weighted by atomic mass is 10.2. The lowest BCUT2D eigenvalue weighted by Gasteiger charge is -2.08. The predicted octanol–water partition coefficient (Wildman–Crippen LogP) is 0.814. The van der Waals surface area contributed by atoms with Gasteiger partial charge in [-0.3, -0.25) is 0 Å². The molecular formula is C13H15FN4O2S. The van der Waals surface area contributed by atoms with E-state index in [1.807, 2.05) is 0 Å². The molecule has 0 radical (unpaired) electrons. The van der Waals surface area contributed by atoms with Crippen molar-refractivity contribution in [3.8, 4) is 0 Å². The molecule has 0 saturated heterocycles. The Kier molecular flexibility index (Phi) is 4.94. The summed E-state index contributed by atoms with van der Waals surface area (Å²) in [6.07, 6.45) is 1.48. The van der Waals surface area contributed by atoms with Crippen molar-refractivity contribution >= 4 is 10.0 Å². The number of hydrogen-bond acceptors (Lipinski definition) is 5. The van der Waals surface area contributed by atoms with E-state index < -0.39 is 15.8 Å². The Balaban J connectivity index is 2.16. The number of benzene rings is 1. The fraction of sp³-hybridized carbons (Fsp3) is 0.231. The van der Waals surface area contributed by atoms with E-state index in [9.17, 15) is 12.8 Å². The van der Waals surface area contributed by atoms with Gasteiger partial charge >= 0.3 is 0 Å². The molecule has 21 heavy (non-hydrogen) atoms. The Labute approximate surface area is 122 Å². The van der Waals surface area contributed by atoms with E-state index >= 15 is 0 Å². The topological polar surface area (TPSA) is 84.0 Å². The van der Waals surface area contributed by atoms with E-state index in [1.54, 1.807) is 25.2 Å². The van der Waals surface area contributed by atoms with Crippen molar-refractivity contribution in [2.45, 2.75) is 18.0 Å². The molecule has 0 unspecified atom stereocenters. The molecule has 2 N–H and O–H groups in total. The van der Waals surface area contributed by atoms with Gasteiger partial charge in [-0.05, 0) is 36.9 Å². The van der Waals surface area contributed by atoms with Crippen molar-refractivity contribution in [1.29, 1.82) is 0 Å². The number of nitrogens with one attached hydrogen (secondary N) is 2. The molecule has 0 fully saturated rings. The first-order valence-electron chi connectivity index (χ1n) is 6.22. The van der Waals surface area contributed by atoms with Crippen LogP contribution in [0.2, 0.25) is 0 Å². The van der Waals surface area contributed by atoms with Crippen LogP contribution < -0.4 is 10.0 Å². The van der Waals surface area contributed by atoms with Crippen LogP contribution in [0.4, 0.5) is 4.39 Å². The molecule has 0 spiro atoms. The first kappa shape index (κ1) is 15.5. The molecule has 0 amide bonds. The van der Waals surface area contributed by atoms with Gasteiger partial charge in [-0.25, -0.2) is 17.5 Å². The van der Waals surface area contributed by atoms with Crippen LogP contribution in [0.1, 0.15) is 11.3 Å². The van der Waals surface area contributed by atoms with Gasteiger partial charge in [0.1, 0.15) is 10.7 Å². The Bertz CT molecular complexity index is 707. The van der Waals surface area contributed by atoms with Gasteiger partial charge in [0.2, 0.25) is 10.0 Å². The third-order valence-corrected chi connectivity index (χ3v) is 4.17. The van der Waals surface area contributed by atoms with Crippen LogP contribution in [-0.4, -0.2) is 25.7 Å². The molecule has 112 valence electrons. The molecule has 1 heterocycles. The molecule has 0 aliphatic carbocycles. The average molecular weight is 310 g/mol. The predicted molar refractivity (Wildman–Crippen MR) is 75.2 cm³/mol. The highest BCUT2D eigenvalue weighted by atomic mass is 32.2. The molecule has 0 bridgehead atoms. The number of hydrogen-bond donors (Lipinski definition) is 2. The molecule has 0 atom stereocenters. The van der Waals surface area contributed by atoms with Crippen LogP contribution in [0.5, 0.6) is 0 Å². The summed E-state index contributed by atoms with van der Waals surface area (Å²) in [5, 5.41) is 10.3. The van der Waals surface area contributed by atoms with Crippen LogP contribution in [0.3, 0.4) is 0 Å². The number of rotatable bonds is 6. The van der Waals surface area contributed by atoms with Crippen molar-refractivity contribution in [3.05, 3.63) is 53.6 Å². The van der Waals surface area contributed by atoms with Crippen LogP contribution >= 0.6 is 0 Å². The lowest BCUT2D eigenvalue weighted by Crippen LogP contribution is -2.25. The molecule has 2 rings (SSSR count). The van der Waals surface area contributed by atoms with Crippen molar-refractivity contribution in [3.63, 3.8) is 0 Å². The Morgan fingerprint density at radius 3 is 2.67 bits per heavy atom. The molecular weight excluding hydrogens is 295 g/mol. The third kappa shape index (κ3) is 4.03. The Hall–Kier alpha value is -1.90. The number of halogens is 1. The van der Waals surface area contributed by atoms with Gasteiger partial charge in [-0.1, -0.05) is 6.07 Å². The van der Waals surface area contributed by atoms with Gasteiger partial charge in [-0.2, -0.15) is 10.2 Å². The van der Waals surface area contributed by atoms with Crippen LogP contribution in [0, 0.1) is 5.82 Å². The molecule has 8 heteroatoms. The maximum absolute atomic E-state index is 13.9. The van der Waals surface area contributed by atoms with Crippen molar-refractivity contribution < 1.29 is 12.8 Å². The van der Waals surface area contributed by atoms with Crippen LogP contribution in [-0.2, 0) is 23.1 Å². The second kappa shape index (κ2) is 6.70. The van der Waals surface area contributed by atoms with E-state index in [4.69, 9.17) is 0 Å². The first-order valence-corrected chi connectivity index (χ1v) is 7.70. The smallest absolute Gasteiger partial charge is 0.243 e. The van der Waals surface area contributed by atoms with E-state index in [1.165, 1.54) is 18.3 Å². The van der Waals surface area contributed by atoms with Gasteiger partial charge < -0.3 is 5.32 Å². The molecule has 2 aromatic rings.